The van der Waals surface area contributed by atoms with Crippen LogP contribution in [-0.2, 0) is 0 Å². The SMILES string of the molecule is Cc1nc2c(C)cccc2[nH]1.[Cl-]. The van der Waals surface area contributed by atoms with Crippen LogP contribution in [0.15, 0.2) is 18.2 Å². The molecule has 0 aliphatic rings. The topological polar surface area (TPSA) is 28.7 Å². The summed E-state index contributed by atoms with van der Waals surface area (Å²) in [5, 5.41) is 0. The summed E-state index contributed by atoms with van der Waals surface area (Å²) in [5.41, 5.74) is 3.44. The Morgan fingerprint density at radius 3 is 2.67 bits per heavy atom. The van der Waals surface area contributed by atoms with E-state index in [9.17, 15) is 0 Å². The lowest BCUT2D eigenvalue weighted by Gasteiger charge is -1.90. The lowest BCUT2D eigenvalue weighted by Crippen LogP contribution is -3.00. The van der Waals surface area contributed by atoms with Gasteiger partial charge >= 0.3 is 0 Å². The summed E-state index contributed by atoms with van der Waals surface area (Å²) in [6.45, 7) is 4.04. The fourth-order valence-electron chi connectivity index (χ4n) is 1.30. The highest BCUT2D eigenvalue weighted by Gasteiger charge is 1.99. The minimum Gasteiger partial charge on any atom is -1.00 e. The number of aromatic amines is 1. The maximum Gasteiger partial charge on any atom is 0.104 e. The Balaban J connectivity index is 0.000000720. The molecule has 12 heavy (non-hydrogen) atoms. The highest BCUT2D eigenvalue weighted by atomic mass is 35.5. The molecule has 0 unspecified atom stereocenters. The van der Waals surface area contributed by atoms with Gasteiger partial charge in [-0.25, -0.2) is 4.98 Å². The number of hydrogen-bond acceptors (Lipinski definition) is 1. The normalized spacial score (nSPS) is 9.83. The summed E-state index contributed by atoms with van der Waals surface area (Å²) < 4.78 is 0. The average Bonchev–Trinajstić information content (AvgIpc) is 2.31. The number of nitrogens with one attached hydrogen (secondary N) is 1. The summed E-state index contributed by atoms with van der Waals surface area (Å²) in [4.78, 5) is 7.55. The fourth-order valence-corrected chi connectivity index (χ4v) is 1.30. The Bertz CT molecular complexity index is 392. The molecular formula is C9H10ClN2-. The number of H-pyrrole nitrogens is 1. The van der Waals surface area contributed by atoms with Crippen molar-refractivity contribution < 1.29 is 12.4 Å². The quantitative estimate of drug-likeness (QED) is 0.566. The fraction of sp³-hybridized carbons (Fsp3) is 0.222. The first-order valence-electron chi connectivity index (χ1n) is 3.69. The summed E-state index contributed by atoms with van der Waals surface area (Å²) in [6, 6.07) is 6.15. The summed E-state index contributed by atoms with van der Waals surface area (Å²) in [6.07, 6.45) is 0. The second kappa shape index (κ2) is 3.15. The van der Waals surface area contributed by atoms with E-state index >= 15 is 0 Å². The van der Waals surface area contributed by atoms with Gasteiger partial charge in [0.15, 0.2) is 0 Å². The van der Waals surface area contributed by atoms with Crippen molar-refractivity contribution in [3.63, 3.8) is 0 Å². The van der Waals surface area contributed by atoms with Gasteiger partial charge in [-0.15, -0.1) is 0 Å². The first-order valence-corrected chi connectivity index (χ1v) is 3.69. The van der Waals surface area contributed by atoms with Crippen LogP contribution in [0.2, 0.25) is 0 Å². The maximum absolute atomic E-state index is 4.36. The van der Waals surface area contributed by atoms with Gasteiger partial charge in [-0.05, 0) is 25.5 Å². The molecule has 3 heteroatoms. The third-order valence-corrected chi connectivity index (χ3v) is 1.83. The summed E-state index contributed by atoms with van der Waals surface area (Å²) >= 11 is 0. The van der Waals surface area contributed by atoms with Crippen LogP contribution in [-0.4, -0.2) is 9.97 Å². The highest BCUT2D eigenvalue weighted by Crippen LogP contribution is 2.14. The van der Waals surface area contributed by atoms with Crippen LogP contribution >= 0.6 is 0 Å². The third-order valence-electron chi connectivity index (χ3n) is 1.83. The predicted molar refractivity (Wildman–Crippen MR) is 45.6 cm³/mol. The molecule has 1 heterocycles. The molecule has 2 nitrogen and oxygen atoms in total. The number of benzene rings is 1. The van der Waals surface area contributed by atoms with Crippen LogP contribution < -0.4 is 12.4 Å². The molecular weight excluding hydrogens is 172 g/mol. The van der Waals surface area contributed by atoms with Crippen molar-refractivity contribution >= 4 is 11.0 Å². The molecule has 1 aromatic heterocycles. The molecule has 0 atom stereocenters. The Labute approximate surface area is 77.4 Å². The maximum atomic E-state index is 4.36. The van der Waals surface area contributed by atoms with Gasteiger partial charge in [-0.1, -0.05) is 12.1 Å². The number of halogens is 1. The second-order valence-electron chi connectivity index (χ2n) is 2.79. The monoisotopic (exact) mass is 181 g/mol. The summed E-state index contributed by atoms with van der Waals surface area (Å²) in [5.74, 6) is 0.981. The van der Waals surface area contributed by atoms with Gasteiger partial charge in [-0.3, -0.25) is 0 Å². The van der Waals surface area contributed by atoms with Crippen molar-refractivity contribution in [1.29, 1.82) is 0 Å². The number of aromatic nitrogens is 2. The zero-order valence-electron chi connectivity index (χ0n) is 7.06. The molecule has 0 fully saturated rings. The number of fused-ring (bicyclic) bond motifs is 1. The van der Waals surface area contributed by atoms with E-state index in [1.54, 1.807) is 0 Å². The average molecular weight is 182 g/mol. The Morgan fingerprint density at radius 2 is 2.00 bits per heavy atom. The number of hydrogen-bond donors (Lipinski definition) is 1. The van der Waals surface area contributed by atoms with Gasteiger partial charge in [0.05, 0.1) is 11.0 Å². The standard InChI is InChI=1S/C9H10N2.ClH/c1-6-4-3-5-8-9(6)11-7(2)10-8;/h3-5H,1-2H3,(H,10,11);1H/p-1. The first kappa shape index (κ1) is 9.07. The largest absolute Gasteiger partial charge is 1.00 e. The lowest BCUT2D eigenvalue weighted by molar-refractivity contribution is -0.00000255. The van der Waals surface area contributed by atoms with Crippen molar-refractivity contribution in [3.05, 3.63) is 29.6 Å². The van der Waals surface area contributed by atoms with Crippen molar-refractivity contribution in [3.8, 4) is 0 Å². The van der Waals surface area contributed by atoms with E-state index < -0.39 is 0 Å². The smallest absolute Gasteiger partial charge is 0.104 e. The molecule has 0 bridgehead atoms. The van der Waals surface area contributed by atoms with Crippen LogP contribution in [0.3, 0.4) is 0 Å². The Morgan fingerprint density at radius 1 is 1.25 bits per heavy atom. The second-order valence-corrected chi connectivity index (χ2v) is 2.79. The molecule has 0 aliphatic carbocycles. The van der Waals surface area contributed by atoms with Crippen LogP contribution in [0, 0.1) is 13.8 Å². The number of rotatable bonds is 0. The molecule has 2 rings (SSSR count). The van der Waals surface area contributed by atoms with E-state index in [1.807, 2.05) is 19.1 Å². The minimum absolute atomic E-state index is 0. The van der Waals surface area contributed by atoms with Crippen molar-refractivity contribution in [2.75, 3.05) is 0 Å². The molecule has 0 radical (unpaired) electrons. The highest BCUT2D eigenvalue weighted by molar-refractivity contribution is 5.78. The van der Waals surface area contributed by atoms with Crippen molar-refractivity contribution in [1.82, 2.24) is 9.97 Å². The van der Waals surface area contributed by atoms with Gasteiger partial charge in [0.1, 0.15) is 5.82 Å². The van der Waals surface area contributed by atoms with Crippen molar-refractivity contribution in [2.45, 2.75) is 13.8 Å². The van der Waals surface area contributed by atoms with E-state index in [4.69, 9.17) is 0 Å². The van der Waals surface area contributed by atoms with Crippen molar-refractivity contribution in [2.24, 2.45) is 0 Å². The summed E-state index contributed by atoms with van der Waals surface area (Å²) in [7, 11) is 0. The zero-order chi connectivity index (χ0) is 7.84. The van der Waals surface area contributed by atoms with E-state index in [1.165, 1.54) is 5.56 Å². The van der Waals surface area contributed by atoms with Crippen LogP contribution in [0.4, 0.5) is 0 Å². The molecule has 0 saturated carbocycles. The van der Waals surface area contributed by atoms with Gasteiger partial charge in [0.25, 0.3) is 0 Å². The number of nitrogens with zero attached hydrogens (tertiary/aromatic N) is 1. The zero-order valence-corrected chi connectivity index (χ0v) is 7.81. The van der Waals surface area contributed by atoms with Crippen LogP contribution in [0.25, 0.3) is 11.0 Å². The van der Waals surface area contributed by atoms with Crippen LogP contribution in [0.1, 0.15) is 11.4 Å². The third kappa shape index (κ3) is 1.30. The minimum atomic E-state index is 0. The van der Waals surface area contributed by atoms with E-state index in [0.717, 1.165) is 16.9 Å². The van der Waals surface area contributed by atoms with Crippen LogP contribution in [0.5, 0.6) is 0 Å². The molecule has 1 aromatic carbocycles. The van der Waals surface area contributed by atoms with Gasteiger partial charge in [0.2, 0.25) is 0 Å². The van der Waals surface area contributed by atoms with E-state index in [0.29, 0.717) is 0 Å². The molecule has 0 amide bonds. The van der Waals surface area contributed by atoms with E-state index in [-0.39, 0.29) is 12.4 Å². The number of imidazole rings is 1. The Kier molecular flexibility index (Phi) is 2.38. The first-order chi connectivity index (χ1) is 5.27. The molecule has 64 valence electrons. The van der Waals surface area contributed by atoms with Gasteiger partial charge < -0.3 is 17.4 Å². The molecule has 2 aromatic rings. The van der Waals surface area contributed by atoms with E-state index in [2.05, 4.69) is 23.0 Å². The van der Waals surface area contributed by atoms with Gasteiger partial charge in [0, 0.05) is 0 Å². The molecule has 1 N–H and O–H groups in total. The number of aryl methyl sites for hydroxylation is 2. The predicted octanol–water partition coefficient (Wildman–Crippen LogP) is -0.816. The van der Waals surface area contributed by atoms with Gasteiger partial charge in [-0.2, -0.15) is 0 Å². The molecule has 0 aliphatic heterocycles. The number of para-hydroxylation sites is 1. The molecule has 0 spiro atoms. The lowest BCUT2D eigenvalue weighted by atomic mass is 10.2. The Hall–Kier alpha value is -1.02. The molecule has 0 saturated heterocycles.